The van der Waals surface area contributed by atoms with Crippen molar-refractivity contribution < 1.29 is 9.84 Å². The van der Waals surface area contributed by atoms with Gasteiger partial charge in [-0.05, 0) is 49.6 Å². The molecule has 6 nitrogen and oxygen atoms in total. The molecule has 2 atom stereocenters. The highest BCUT2D eigenvalue weighted by molar-refractivity contribution is 5.37. The van der Waals surface area contributed by atoms with Gasteiger partial charge in [0, 0.05) is 31.9 Å². The molecule has 1 fully saturated rings. The van der Waals surface area contributed by atoms with Gasteiger partial charge in [0.15, 0.2) is 5.82 Å². The minimum Gasteiger partial charge on any atom is -0.491 e. The van der Waals surface area contributed by atoms with Crippen LogP contribution in [0, 0.1) is 6.92 Å². The van der Waals surface area contributed by atoms with Crippen LogP contribution in [0.3, 0.4) is 0 Å². The van der Waals surface area contributed by atoms with Crippen molar-refractivity contribution in [2.75, 3.05) is 31.1 Å². The molecule has 1 aliphatic heterocycles. The van der Waals surface area contributed by atoms with E-state index in [0.717, 1.165) is 43.1 Å². The van der Waals surface area contributed by atoms with E-state index in [-0.39, 0.29) is 6.61 Å². The fourth-order valence-corrected chi connectivity index (χ4v) is 3.07. The molecule has 2 heterocycles. The molecule has 25 heavy (non-hydrogen) atoms. The van der Waals surface area contributed by atoms with E-state index in [4.69, 9.17) is 4.74 Å². The van der Waals surface area contributed by atoms with Crippen LogP contribution in [0.4, 0.5) is 5.82 Å². The minimum absolute atomic E-state index is 0.289. The summed E-state index contributed by atoms with van der Waals surface area (Å²) in [7, 11) is 0. The Morgan fingerprint density at radius 3 is 3.08 bits per heavy atom. The van der Waals surface area contributed by atoms with E-state index in [9.17, 15) is 5.11 Å². The largest absolute Gasteiger partial charge is 0.491 e. The van der Waals surface area contributed by atoms with E-state index in [1.807, 2.05) is 43.3 Å². The fraction of sp³-hybridized carbons (Fsp3) is 0.474. The summed E-state index contributed by atoms with van der Waals surface area (Å²) < 4.78 is 5.66. The lowest BCUT2D eigenvalue weighted by Gasteiger charge is -2.34. The summed E-state index contributed by atoms with van der Waals surface area (Å²) in [6.45, 7) is 4.71. The first-order chi connectivity index (χ1) is 12.2. The predicted octanol–water partition coefficient (Wildman–Crippen LogP) is 1.78. The van der Waals surface area contributed by atoms with Crippen molar-refractivity contribution >= 4 is 5.82 Å². The van der Waals surface area contributed by atoms with E-state index >= 15 is 0 Å². The molecule has 3 rings (SSSR count). The molecule has 1 saturated heterocycles. The number of aryl methyl sites for hydroxylation is 1. The van der Waals surface area contributed by atoms with Crippen LogP contribution >= 0.6 is 0 Å². The zero-order chi connectivity index (χ0) is 17.5. The van der Waals surface area contributed by atoms with E-state index in [1.54, 1.807) is 6.20 Å². The molecular weight excluding hydrogens is 316 g/mol. The second-order valence-electron chi connectivity index (χ2n) is 6.56. The number of benzene rings is 1. The zero-order valence-electron chi connectivity index (χ0n) is 14.6. The number of hydrogen-bond donors (Lipinski definition) is 2. The molecule has 2 unspecified atom stereocenters. The molecule has 1 aliphatic rings. The lowest BCUT2D eigenvalue weighted by Crippen LogP contribution is -2.48. The van der Waals surface area contributed by atoms with Crippen LogP contribution < -0.4 is 15.0 Å². The van der Waals surface area contributed by atoms with Gasteiger partial charge in [-0.2, -0.15) is 5.10 Å². The SMILES string of the molecule is Cc1cccc(OCC(O)CNC2CCCN(c3cccnn3)C2)c1. The molecule has 0 radical (unpaired) electrons. The van der Waals surface area contributed by atoms with Crippen molar-refractivity contribution in [1.29, 1.82) is 0 Å². The van der Waals surface area contributed by atoms with E-state index in [0.29, 0.717) is 12.6 Å². The van der Waals surface area contributed by atoms with Crippen molar-refractivity contribution in [3.05, 3.63) is 48.2 Å². The van der Waals surface area contributed by atoms with Crippen molar-refractivity contribution in [3.8, 4) is 5.75 Å². The van der Waals surface area contributed by atoms with Crippen molar-refractivity contribution in [2.45, 2.75) is 31.9 Å². The molecule has 0 saturated carbocycles. The summed E-state index contributed by atoms with van der Waals surface area (Å²) in [5.74, 6) is 1.71. The Bertz CT molecular complexity index is 653. The quantitative estimate of drug-likeness (QED) is 0.799. The predicted molar refractivity (Wildman–Crippen MR) is 98.0 cm³/mol. The molecule has 0 bridgehead atoms. The number of piperidine rings is 1. The van der Waals surface area contributed by atoms with Crippen LogP contribution in [0.15, 0.2) is 42.6 Å². The van der Waals surface area contributed by atoms with Crippen LogP contribution in [-0.4, -0.2) is 53.7 Å². The topological polar surface area (TPSA) is 70.5 Å². The third-order valence-electron chi connectivity index (χ3n) is 4.38. The maximum absolute atomic E-state index is 10.2. The van der Waals surface area contributed by atoms with Gasteiger partial charge < -0.3 is 20.1 Å². The standard InChI is InChI=1S/C19H26N4O2/c1-15-5-2-7-18(11-15)25-14-17(24)12-20-16-6-4-10-23(13-16)19-8-3-9-21-22-19/h2-3,5,7-9,11,16-17,20,24H,4,6,10,12-14H2,1H3. The van der Waals surface area contributed by atoms with E-state index in [1.165, 1.54) is 0 Å². The van der Waals surface area contributed by atoms with Crippen LogP contribution in [0.25, 0.3) is 0 Å². The van der Waals surface area contributed by atoms with Gasteiger partial charge >= 0.3 is 0 Å². The monoisotopic (exact) mass is 342 g/mol. The van der Waals surface area contributed by atoms with Gasteiger partial charge in [0.1, 0.15) is 18.5 Å². The Kier molecular flexibility index (Phi) is 6.19. The Morgan fingerprint density at radius 1 is 1.36 bits per heavy atom. The number of rotatable bonds is 7. The third kappa shape index (κ3) is 5.41. The molecule has 134 valence electrons. The van der Waals surface area contributed by atoms with Gasteiger partial charge in [-0.25, -0.2) is 0 Å². The van der Waals surface area contributed by atoms with Crippen molar-refractivity contribution in [1.82, 2.24) is 15.5 Å². The number of aliphatic hydroxyl groups is 1. The lowest BCUT2D eigenvalue weighted by molar-refractivity contribution is 0.103. The van der Waals surface area contributed by atoms with Crippen molar-refractivity contribution in [3.63, 3.8) is 0 Å². The van der Waals surface area contributed by atoms with E-state index < -0.39 is 6.10 Å². The van der Waals surface area contributed by atoms with Gasteiger partial charge in [-0.15, -0.1) is 5.10 Å². The Labute approximate surface area is 148 Å². The van der Waals surface area contributed by atoms with Crippen molar-refractivity contribution in [2.24, 2.45) is 0 Å². The van der Waals surface area contributed by atoms with Gasteiger partial charge in [0.25, 0.3) is 0 Å². The van der Waals surface area contributed by atoms with Gasteiger partial charge in [-0.1, -0.05) is 12.1 Å². The number of aromatic nitrogens is 2. The Hall–Kier alpha value is -2.18. The van der Waals surface area contributed by atoms with Crippen LogP contribution in [0.2, 0.25) is 0 Å². The molecular formula is C19H26N4O2. The van der Waals surface area contributed by atoms with E-state index in [2.05, 4.69) is 20.4 Å². The second kappa shape index (κ2) is 8.78. The summed E-state index contributed by atoms with van der Waals surface area (Å²) in [6.07, 6.45) is 3.35. The number of anilines is 1. The molecule has 6 heteroatoms. The number of ether oxygens (including phenoxy) is 1. The average molecular weight is 342 g/mol. The summed E-state index contributed by atoms with van der Waals surface area (Å²) >= 11 is 0. The molecule has 2 N–H and O–H groups in total. The third-order valence-corrected chi connectivity index (χ3v) is 4.38. The molecule has 2 aromatic rings. The first-order valence-corrected chi connectivity index (χ1v) is 8.84. The maximum atomic E-state index is 10.2. The normalized spacial score (nSPS) is 18.8. The highest BCUT2D eigenvalue weighted by Crippen LogP contribution is 2.17. The number of nitrogens with zero attached hydrogens (tertiary/aromatic N) is 3. The summed E-state index contributed by atoms with van der Waals surface area (Å²) in [5, 5.41) is 21.7. The minimum atomic E-state index is -0.535. The number of nitrogens with one attached hydrogen (secondary N) is 1. The fourth-order valence-electron chi connectivity index (χ4n) is 3.07. The average Bonchev–Trinajstić information content (AvgIpc) is 2.66. The maximum Gasteiger partial charge on any atom is 0.151 e. The zero-order valence-corrected chi connectivity index (χ0v) is 14.6. The number of hydrogen-bond acceptors (Lipinski definition) is 6. The Morgan fingerprint density at radius 2 is 2.28 bits per heavy atom. The Balaban J connectivity index is 1.41. The van der Waals surface area contributed by atoms with Gasteiger partial charge in [0.2, 0.25) is 0 Å². The highest BCUT2D eigenvalue weighted by atomic mass is 16.5. The van der Waals surface area contributed by atoms with Crippen LogP contribution in [-0.2, 0) is 0 Å². The van der Waals surface area contributed by atoms with Crippen LogP contribution in [0.1, 0.15) is 18.4 Å². The molecule has 0 spiro atoms. The lowest BCUT2D eigenvalue weighted by atomic mass is 10.1. The molecule has 1 aromatic heterocycles. The molecule has 0 aliphatic carbocycles. The molecule has 0 amide bonds. The first kappa shape index (κ1) is 17.6. The smallest absolute Gasteiger partial charge is 0.151 e. The summed E-state index contributed by atoms with van der Waals surface area (Å²) in [4.78, 5) is 2.24. The summed E-state index contributed by atoms with van der Waals surface area (Å²) in [5.41, 5.74) is 1.15. The number of aliphatic hydroxyl groups excluding tert-OH is 1. The second-order valence-corrected chi connectivity index (χ2v) is 6.56. The first-order valence-electron chi connectivity index (χ1n) is 8.84. The summed E-state index contributed by atoms with van der Waals surface area (Å²) in [6, 6.07) is 12.1. The van der Waals surface area contributed by atoms with Gasteiger partial charge in [0.05, 0.1) is 0 Å². The highest BCUT2D eigenvalue weighted by Gasteiger charge is 2.21. The van der Waals surface area contributed by atoms with Gasteiger partial charge in [-0.3, -0.25) is 0 Å². The van der Waals surface area contributed by atoms with Crippen LogP contribution in [0.5, 0.6) is 5.75 Å². The molecule has 1 aromatic carbocycles.